The molecule has 0 spiro atoms. The van der Waals surface area contributed by atoms with E-state index < -0.39 is 5.54 Å². The van der Waals surface area contributed by atoms with Crippen molar-refractivity contribution in [3.8, 4) is 0 Å². The molecule has 2 heterocycles. The molecule has 0 unspecified atom stereocenters. The number of carbonyl (C=O) groups excluding carboxylic acids is 1. The number of nitrogens with two attached hydrogens (primary N) is 1. The fraction of sp³-hybridized carbons (Fsp3) is 0.542. The van der Waals surface area contributed by atoms with Crippen molar-refractivity contribution in [3.05, 3.63) is 52.4 Å². The van der Waals surface area contributed by atoms with Crippen LogP contribution >= 0.6 is 11.6 Å². The number of aryl methyl sites for hydroxylation is 1. The number of amides is 1. The molecule has 2 N–H and O–H groups in total. The molecule has 0 saturated carbocycles. The SMILES string of the molecule is C[C@@H]1CCc2ncnc(N3CCN(C(=O)[C@@H](CC(C)(C)N)c4ccc(Cl)cc4)CC3)c21. The first-order chi connectivity index (χ1) is 14.7. The second-order valence-electron chi connectivity index (χ2n) is 9.61. The van der Waals surface area contributed by atoms with Gasteiger partial charge in [-0.1, -0.05) is 30.7 Å². The first-order valence-corrected chi connectivity index (χ1v) is 11.5. The van der Waals surface area contributed by atoms with Crippen molar-refractivity contribution < 1.29 is 4.79 Å². The third-order valence-corrected chi connectivity index (χ3v) is 6.70. The van der Waals surface area contributed by atoms with Crippen LogP contribution in [-0.2, 0) is 11.2 Å². The highest BCUT2D eigenvalue weighted by Gasteiger charge is 2.33. The van der Waals surface area contributed by atoms with E-state index in [-0.39, 0.29) is 11.8 Å². The van der Waals surface area contributed by atoms with E-state index in [2.05, 4.69) is 21.8 Å². The average Bonchev–Trinajstić information content (AvgIpc) is 3.13. The first kappa shape index (κ1) is 22.0. The number of carbonyl (C=O) groups is 1. The van der Waals surface area contributed by atoms with Crippen LogP contribution in [0.25, 0.3) is 0 Å². The Morgan fingerprint density at radius 3 is 2.52 bits per heavy atom. The summed E-state index contributed by atoms with van der Waals surface area (Å²) >= 11 is 6.07. The highest BCUT2D eigenvalue weighted by atomic mass is 35.5. The third-order valence-electron chi connectivity index (χ3n) is 6.44. The molecular weight excluding hydrogens is 410 g/mol. The summed E-state index contributed by atoms with van der Waals surface area (Å²) in [5, 5.41) is 0.669. The topological polar surface area (TPSA) is 75.4 Å². The lowest BCUT2D eigenvalue weighted by Crippen LogP contribution is -2.51. The van der Waals surface area contributed by atoms with Crippen molar-refractivity contribution in [2.75, 3.05) is 31.1 Å². The van der Waals surface area contributed by atoms with Gasteiger partial charge in [-0.2, -0.15) is 0 Å². The number of fused-ring (bicyclic) bond motifs is 1. The van der Waals surface area contributed by atoms with Crippen molar-refractivity contribution in [3.63, 3.8) is 0 Å². The lowest BCUT2D eigenvalue weighted by molar-refractivity contribution is -0.133. The standard InChI is InChI=1S/C24H32ClN5O/c1-16-4-9-20-21(16)22(28-15-27-20)29-10-12-30(13-11-29)23(31)19(14-24(2,3)26)17-5-7-18(25)8-6-17/h5-8,15-16,19H,4,9-14,26H2,1-3H3/t16-,19+/m1/s1. The van der Waals surface area contributed by atoms with Crippen LogP contribution in [0.2, 0.25) is 5.02 Å². The number of benzene rings is 1. The maximum atomic E-state index is 13.5. The van der Waals surface area contributed by atoms with Gasteiger partial charge in [0.2, 0.25) is 5.91 Å². The molecule has 1 aliphatic carbocycles. The quantitative estimate of drug-likeness (QED) is 0.764. The van der Waals surface area contributed by atoms with E-state index in [1.54, 1.807) is 6.33 Å². The van der Waals surface area contributed by atoms with Crippen LogP contribution in [0, 0.1) is 0 Å². The molecule has 2 aliphatic rings. The Balaban J connectivity index is 1.49. The Kier molecular flexibility index (Phi) is 6.22. The third kappa shape index (κ3) is 4.85. The van der Waals surface area contributed by atoms with Crippen molar-refractivity contribution in [2.45, 2.75) is 57.4 Å². The van der Waals surface area contributed by atoms with Crippen LogP contribution in [0.15, 0.2) is 30.6 Å². The van der Waals surface area contributed by atoms with Gasteiger partial charge in [0.25, 0.3) is 0 Å². The maximum absolute atomic E-state index is 13.5. The summed E-state index contributed by atoms with van der Waals surface area (Å²) < 4.78 is 0. The lowest BCUT2D eigenvalue weighted by atomic mass is 9.85. The molecule has 1 fully saturated rings. The monoisotopic (exact) mass is 441 g/mol. The number of hydrogen-bond donors (Lipinski definition) is 1. The number of piperazine rings is 1. The van der Waals surface area contributed by atoms with Crippen LogP contribution in [0.4, 0.5) is 5.82 Å². The molecular formula is C24H32ClN5O. The van der Waals surface area contributed by atoms with E-state index in [1.165, 1.54) is 11.3 Å². The van der Waals surface area contributed by atoms with Crippen LogP contribution in [0.1, 0.15) is 62.3 Å². The van der Waals surface area contributed by atoms with Crippen LogP contribution in [-0.4, -0.2) is 52.5 Å². The van der Waals surface area contributed by atoms with E-state index in [4.69, 9.17) is 17.3 Å². The number of aromatic nitrogens is 2. The van der Waals surface area contributed by atoms with Crippen molar-refractivity contribution >= 4 is 23.3 Å². The number of rotatable bonds is 5. The molecule has 0 bridgehead atoms. The molecule has 4 rings (SSSR count). The second-order valence-corrected chi connectivity index (χ2v) is 10.0. The number of hydrogen-bond acceptors (Lipinski definition) is 5. The second kappa shape index (κ2) is 8.75. The normalized spacial score (nSPS) is 20.0. The van der Waals surface area contributed by atoms with E-state index >= 15 is 0 Å². The van der Waals surface area contributed by atoms with Crippen LogP contribution < -0.4 is 10.6 Å². The van der Waals surface area contributed by atoms with Crippen molar-refractivity contribution in [1.82, 2.24) is 14.9 Å². The fourth-order valence-corrected chi connectivity index (χ4v) is 4.93. The lowest BCUT2D eigenvalue weighted by Gasteiger charge is -2.38. The summed E-state index contributed by atoms with van der Waals surface area (Å²) in [5.41, 5.74) is 9.32. The highest BCUT2D eigenvalue weighted by molar-refractivity contribution is 6.30. The molecule has 1 aliphatic heterocycles. The van der Waals surface area contributed by atoms with Gasteiger partial charge in [0, 0.05) is 48.0 Å². The Morgan fingerprint density at radius 1 is 1.19 bits per heavy atom. The Morgan fingerprint density at radius 2 is 1.87 bits per heavy atom. The molecule has 6 nitrogen and oxygen atoms in total. The average molecular weight is 442 g/mol. The molecule has 7 heteroatoms. The molecule has 31 heavy (non-hydrogen) atoms. The zero-order chi connectivity index (χ0) is 22.2. The highest BCUT2D eigenvalue weighted by Crippen LogP contribution is 2.37. The summed E-state index contributed by atoms with van der Waals surface area (Å²) in [6.45, 7) is 9.12. The van der Waals surface area contributed by atoms with Crippen molar-refractivity contribution in [1.29, 1.82) is 0 Å². The molecule has 1 aromatic heterocycles. The molecule has 1 aromatic carbocycles. The van der Waals surface area contributed by atoms with Crippen LogP contribution in [0.3, 0.4) is 0 Å². The van der Waals surface area contributed by atoms with Gasteiger partial charge in [-0.25, -0.2) is 9.97 Å². The van der Waals surface area contributed by atoms with E-state index in [1.807, 2.05) is 43.0 Å². The Labute approximate surface area is 189 Å². The molecule has 1 amide bonds. The predicted octanol–water partition coefficient (Wildman–Crippen LogP) is 3.74. The number of halogens is 1. The molecule has 1 saturated heterocycles. The Bertz CT molecular complexity index is 932. The fourth-order valence-electron chi connectivity index (χ4n) is 4.80. The van der Waals surface area contributed by atoms with Gasteiger partial charge in [-0.15, -0.1) is 0 Å². The number of anilines is 1. The van der Waals surface area contributed by atoms with Crippen LogP contribution in [0.5, 0.6) is 0 Å². The molecule has 166 valence electrons. The van der Waals surface area contributed by atoms with Gasteiger partial charge in [0.1, 0.15) is 12.1 Å². The van der Waals surface area contributed by atoms with Gasteiger partial charge in [0.05, 0.1) is 5.92 Å². The minimum atomic E-state index is -0.445. The minimum absolute atomic E-state index is 0.141. The Hall–Kier alpha value is -2.18. The molecule has 2 atom stereocenters. The first-order valence-electron chi connectivity index (χ1n) is 11.1. The van der Waals surface area contributed by atoms with Gasteiger partial charge >= 0.3 is 0 Å². The van der Waals surface area contributed by atoms with Gasteiger partial charge in [-0.3, -0.25) is 4.79 Å². The summed E-state index contributed by atoms with van der Waals surface area (Å²) in [6.07, 6.45) is 4.44. The maximum Gasteiger partial charge on any atom is 0.230 e. The minimum Gasteiger partial charge on any atom is -0.353 e. The van der Waals surface area contributed by atoms with Gasteiger partial charge < -0.3 is 15.5 Å². The smallest absolute Gasteiger partial charge is 0.230 e. The van der Waals surface area contributed by atoms with E-state index in [0.29, 0.717) is 30.5 Å². The molecule has 2 aromatic rings. The zero-order valence-electron chi connectivity index (χ0n) is 18.6. The van der Waals surface area contributed by atoms with E-state index in [9.17, 15) is 4.79 Å². The summed E-state index contributed by atoms with van der Waals surface area (Å²) in [5.74, 6) is 1.42. The zero-order valence-corrected chi connectivity index (χ0v) is 19.4. The largest absolute Gasteiger partial charge is 0.353 e. The van der Waals surface area contributed by atoms with Gasteiger partial charge in [0.15, 0.2) is 0 Å². The summed E-state index contributed by atoms with van der Waals surface area (Å²) in [4.78, 5) is 26.9. The summed E-state index contributed by atoms with van der Waals surface area (Å²) in [7, 11) is 0. The molecule has 0 radical (unpaired) electrons. The predicted molar refractivity (Wildman–Crippen MR) is 125 cm³/mol. The number of nitrogens with zero attached hydrogens (tertiary/aromatic N) is 4. The van der Waals surface area contributed by atoms with E-state index in [0.717, 1.165) is 37.3 Å². The van der Waals surface area contributed by atoms with Crippen molar-refractivity contribution in [2.24, 2.45) is 5.73 Å². The van der Waals surface area contributed by atoms with Gasteiger partial charge in [-0.05, 0) is 56.7 Å². The summed E-state index contributed by atoms with van der Waals surface area (Å²) in [6, 6.07) is 7.57.